The quantitative estimate of drug-likeness (QED) is 0.306. The van der Waals surface area contributed by atoms with Gasteiger partial charge in [0.1, 0.15) is 0 Å². The number of carboxylic acids is 1. The van der Waals surface area contributed by atoms with Gasteiger partial charge in [0.15, 0.2) is 8.67 Å². The topological polar surface area (TPSA) is 71.6 Å². The van der Waals surface area contributed by atoms with E-state index in [9.17, 15) is 9.90 Å². The molecule has 0 fully saturated rings. The van der Waals surface area contributed by atoms with Crippen molar-refractivity contribution in [2.75, 3.05) is 0 Å². The zero-order chi connectivity index (χ0) is 14.2. The molecule has 0 saturated carbocycles. The molecule has 116 valence electrons. The molecule has 3 nitrogen and oxygen atoms in total. The van der Waals surface area contributed by atoms with Crippen LogP contribution in [0.5, 0.6) is 0 Å². The number of unbranched alkanes of at least 4 members (excludes halogenated alkanes) is 6. The molecule has 2 N–H and O–H groups in total. The van der Waals surface area contributed by atoms with Crippen LogP contribution in [0.25, 0.3) is 0 Å². The van der Waals surface area contributed by atoms with Gasteiger partial charge >= 0.3 is 51.4 Å². The van der Waals surface area contributed by atoms with E-state index in [1.54, 1.807) is 0 Å². The number of halogens is 4. The van der Waals surface area contributed by atoms with Crippen molar-refractivity contribution in [2.45, 2.75) is 67.0 Å². The van der Waals surface area contributed by atoms with E-state index in [2.05, 4.69) is 6.92 Å². The van der Waals surface area contributed by atoms with Gasteiger partial charge < -0.3 is 15.4 Å². The number of carbonyl (C=O) groups excluding carboxylic acids is 1. The predicted octanol–water partition coefficient (Wildman–Crippen LogP) is 0.404. The van der Waals surface area contributed by atoms with E-state index in [1.165, 1.54) is 25.7 Å². The molecule has 0 aliphatic carbocycles. The Labute approximate surface area is 183 Å². The summed E-state index contributed by atoms with van der Waals surface area (Å²) >= 11 is 22.9. The minimum Gasteiger partial charge on any atom is -0.547 e. The summed E-state index contributed by atoms with van der Waals surface area (Å²) in [5.74, 6) is -1.67. The van der Waals surface area contributed by atoms with E-state index in [1.807, 2.05) is 0 Å². The molecule has 0 aromatic heterocycles. The van der Waals surface area contributed by atoms with Crippen LogP contribution >= 0.6 is 46.4 Å². The fraction of sp³-hybridized carbons (Fsp3) is 0.917. The Morgan fingerprint density at radius 1 is 0.950 bits per heavy atom. The molecule has 0 radical (unpaired) electrons. The summed E-state index contributed by atoms with van der Waals surface area (Å²) in [4.78, 5) is 10.7. The zero-order valence-corrected chi connectivity index (χ0v) is 18.1. The number of carboxylic acid groups (broad SMARTS) is 1. The van der Waals surface area contributed by atoms with Crippen molar-refractivity contribution in [1.29, 1.82) is 0 Å². The van der Waals surface area contributed by atoms with E-state index in [-0.39, 0.29) is 63.3 Å². The van der Waals surface area contributed by atoms with Gasteiger partial charge in [-0.3, -0.25) is 0 Å². The number of aliphatic carboxylic acids is 1. The molecule has 0 amide bonds. The van der Waals surface area contributed by atoms with E-state index in [0.717, 1.165) is 12.8 Å². The van der Waals surface area contributed by atoms with Crippen LogP contribution < -0.4 is 56.5 Å². The molecule has 0 aromatic carbocycles. The van der Waals surface area contributed by atoms with Crippen molar-refractivity contribution < 1.29 is 66.8 Å². The molecular formula is C12H21Cl4KO3. The van der Waals surface area contributed by atoms with E-state index >= 15 is 0 Å². The van der Waals surface area contributed by atoms with Crippen molar-refractivity contribution >= 4 is 52.4 Å². The number of carbonyl (C=O) groups is 1. The molecule has 0 rings (SSSR count). The summed E-state index contributed by atoms with van der Waals surface area (Å²) < 4.78 is -4.00. The second-order valence-corrected chi connectivity index (χ2v) is 7.25. The van der Waals surface area contributed by atoms with E-state index in [0.29, 0.717) is 6.42 Å². The first-order chi connectivity index (χ1) is 8.25. The number of alkyl halides is 4. The zero-order valence-electron chi connectivity index (χ0n) is 12.0. The third kappa shape index (κ3) is 10.1. The second-order valence-electron chi connectivity index (χ2n) is 4.44. The number of hydrogen-bond acceptors (Lipinski definition) is 2. The minimum absolute atomic E-state index is 0. The van der Waals surface area contributed by atoms with Crippen LogP contribution in [-0.2, 0) is 4.79 Å². The predicted molar refractivity (Wildman–Crippen MR) is 80.1 cm³/mol. The SMILES string of the molecule is CCCCCCCCCC(Cl)(Cl)C(Cl)(Cl)C(=O)[O-].O.[K+]. The molecule has 0 heterocycles. The Balaban J connectivity index is -0.00000144. The first-order valence-electron chi connectivity index (χ1n) is 6.22. The maximum atomic E-state index is 10.7. The standard InChI is InChI=1S/C12H20Cl4O2.K.H2O/c1-2-3-4-5-6-7-8-9-11(13,14)12(15,16)10(17)18;;/h2-9H2,1H3,(H,17,18);;1H2/q;+1;/p-1. The maximum Gasteiger partial charge on any atom is 1.00 e. The Morgan fingerprint density at radius 2 is 1.35 bits per heavy atom. The minimum atomic E-state index is -2.28. The molecule has 0 unspecified atom stereocenters. The van der Waals surface area contributed by atoms with Crippen LogP contribution in [0.3, 0.4) is 0 Å². The summed E-state index contributed by atoms with van der Waals surface area (Å²) in [6, 6.07) is 0. The maximum absolute atomic E-state index is 10.7. The monoisotopic (exact) mass is 392 g/mol. The molecule has 0 aliphatic heterocycles. The average molecular weight is 394 g/mol. The van der Waals surface area contributed by atoms with Gasteiger partial charge in [-0.15, -0.1) is 0 Å². The Hall–Kier alpha value is 2.23. The van der Waals surface area contributed by atoms with E-state index < -0.39 is 14.6 Å². The summed E-state index contributed by atoms with van der Waals surface area (Å²) in [6.45, 7) is 2.16. The van der Waals surface area contributed by atoms with Crippen molar-refractivity contribution in [3.8, 4) is 0 Å². The van der Waals surface area contributed by atoms with Gasteiger partial charge in [0.25, 0.3) is 0 Å². The van der Waals surface area contributed by atoms with Gasteiger partial charge in [0, 0.05) is 0 Å². The summed E-state index contributed by atoms with van der Waals surface area (Å²) in [5.41, 5.74) is 0. The summed E-state index contributed by atoms with van der Waals surface area (Å²) in [6.07, 6.45) is 7.76. The van der Waals surface area contributed by atoms with Crippen LogP contribution in [-0.4, -0.2) is 20.1 Å². The summed E-state index contributed by atoms with van der Waals surface area (Å²) in [5, 5.41) is 10.7. The first kappa shape index (κ1) is 27.1. The fourth-order valence-corrected chi connectivity index (χ4v) is 2.22. The van der Waals surface area contributed by atoms with Gasteiger partial charge in [0.05, 0.1) is 5.97 Å². The van der Waals surface area contributed by atoms with Gasteiger partial charge in [-0.2, -0.15) is 0 Å². The van der Waals surface area contributed by atoms with Crippen molar-refractivity contribution in [1.82, 2.24) is 0 Å². The normalized spacial score (nSPS) is 11.4. The van der Waals surface area contributed by atoms with Crippen molar-refractivity contribution in [3.05, 3.63) is 0 Å². The smallest absolute Gasteiger partial charge is 0.547 e. The van der Waals surface area contributed by atoms with Crippen molar-refractivity contribution in [3.63, 3.8) is 0 Å². The molecule has 8 heteroatoms. The Morgan fingerprint density at radius 3 is 1.75 bits per heavy atom. The molecule has 20 heavy (non-hydrogen) atoms. The average Bonchev–Trinajstić information content (AvgIpc) is 2.27. The molecule has 0 saturated heterocycles. The fourth-order valence-electron chi connectivity index (χ4n) is 1.61. The molecular weight excluding hydrogens is 373 g/mol. The van der Waals surface area contributed by atoms with E-state index in [4.69, 9.17) is 46.4 Å². The van der Waals surface area contributed by atoms with Crippen LogP contribution in [0.4, 0.5) is 0 Å². The van der Waals surface area contributed by atoms with Gasteiger partial charge in [-0.05, 0) is 6.42 Å². The molecule has 0 spiro atoms. The van der Waals surface area contributed by atoms with Gasteiger partial charge in [-0.25, -0.2) is 0 Å². The number of rotatable bonds is 10. The molecule has 0 aliphatic rings. The van der Waals surface area contributed by atoms with Crippen LogP contribution in [0.15, 0.2) is 0 Å². The number of hydrogen-bond donors (Lipinski definition) is 0. The third-order valence-electron chi connectivity index (χ3n) is 2.81. The second kappa shape index (κ2) is 13.6. The van der Waals surface area contributed by atoms with Crippen LogP contribution in [0, 0.1) is 0 Å². The first-order valence-corrected chi connectivity index (χ1v) is 7.74. The Kier molecular flexibility index (Phi) is 18.5. The summed E-state index contributed by atoms with van der Waals surface area (Å²) in [7, 11) is 0. The molecule has 0 bridgehead atoms. The Bertz CT molecular complexity index is 263. The van der Waals surface area contributed by atoms with Crippen LogP contribution in [0.2, 0.25) is 0 Å². The van der Waals surface area contributed by atoms with Gasteiger partial charge in [-0.1, -0.05) is 98.3 Å². The largest absolute Gasteiger partial charge is 1.00 e. The van der Waals surface area contributed by atoms with Gasteiger partial charge in [0.2, 0.25) is 0 Å². The molecule has 0 atom stereocenters. The molecule has 0 aromatic rings. The van der Waals surface area contributed by atoms with Crippen LogP contribution in [0.1, 0.15) is 58.3 Å². The third-order valence-corrected chi connectivity index (χ3v) is 5.10. The van der Waals surface area contributed by atoms with Crippen molar-refractivity contribution in [2.24, 2.45) is 0 Å².